The fraction of sp³-hybridized carbons (Fsp3) is 0.136. The third kappa shape index (κ3) is 4.48. The molecule has 2 heterocycles. The minimum Gasteiger partial charge on any atom is -0.268 e. The molecule has 0 atom stereocenters. The SMILES string of the molecule is Cc1cccc2nc(SCc3ccc(Cl)cc3)n(-c3ncc(C(F)(F)F)cc3Cl)c(=O)c12. The largest absolute Gasteiger partial charge is 0.417 e. The second kappa shape index (κ2) is 8.77. The minimum absolute atomic E-state index is 0.110. The molecule has 0 N–H and O–H groups in total. The summed E-state index contributed by atoms with van der Waals surface area (Å²) >= 11 is 13.3. The maximum atomic E-state index is 13.4. The Morgan fingerprint density at radius 1 is 1.09 bits per heavy atom. The van der Waals surface area contributed by atoms with Crippen molar-refractivity contribution in [3.63, 3.8) is 0 Å². The van der Waals surface area contributed by atoms with Gasteiger partial charge >= 0.3 is 6.18 Å². The van der Waals surface area contributed by atoms with Gasteiger partial charge in [-0.3, -0.25) is 4.79 Å². The summed E-state index contributed by atoms with van der Waals surface area (Å²) in [6.45, 7) is 1.76. The average Bonchev–Trinajstić information content (AvgIpc) is 2.73. The van der Waals surface area contributed by atoms with Crippen LogP contribution in [-0.4, -0.2) is 14.5 Å². The van der Waals surface area contributed by atoms with Crippen LogP contribution in [0.2, 0.25) is 10.0 Å². The van der Waals surface area contributed by atoms with Gasteiger partial charge in [-0.1, -0.05) is 59.2 Å². The Hall–Kier alpha value is -2.55. The molecule has 0 amide bonds. The highest BCUT2D eigenvalue weighted by Crippen LogP contribution is 2.33. The molecule has 32 heavy (non-hydrogen) atoms. The first-order chi connectivity index (χ1) is 15.1. The molecule has 10 heteroatoms. The number of rotatable bonds is 4. The molecule has 0 aliphatic heterocycles. The van der Waals surface area contributed by atoms with Crippen molar-refractivity contribution in [2.75, 3.05) is 0 Å². The van der Waals surface area contributed by atoms with E-state index in [-0.39, 0.29) is 16.0 Å². The Kier molecular flexibility index (Phi) is 6.20. The molecule has 2 aromatic carbocycles. The normalized spacial score (nSPS) is 11.8. The van der Waals surface area contributed by atoms with Crippen molar-refractivity contribution in [3.8, 4) is 5.82 Å². The molecule has 2 aromatic heterocycles. The van der Waals surface area contributed by atoms with Crippen LogP contribution in [0.25, 0.3) is 16.7 Å². The molecular weight excluding hydrogens is 482 g/mol. The zero-order chi connectivity index (χ0) is 23.0. The number of thioether (sulfide) groups is 1. The van der Waals surface area contributed by atoms with E-state index in [0.717, 1.165) is 11.6 Å². The zero-order valence-corrected chi connectivity index (χ0v) is 18.8. The van der Waals surface area contributed by atoms with Crippen molar-refractivity contribution >= 4 is 45.9 Å². The third-order valence-electron chi connectivity index (χ3n) is 4.72. The average molecular weight is 496 g/mol. The molecule has 4 nitrogen and oxygen atoms in total. The molecule has 0 aliphatic rings. The van der Waals surface area contributed by atoms with Gasteiger partial charge in [0.2, 0.25) is 0 Å². The van der Waals surface area contributed by atoms with E-state index in [1.54, 1.807) is 37.3 Å². The molecule has 4 aromatic rings. The number of pyridine rings is 1. The van der Waals surface area contributed by atoms with E-state index in [4.69, 9.17) is 23.2 Å². The monoisotopic (exact) mass is 495 g/mol. The lowest BCUT2D eigenvalue weighted by Gasteiger charge is -2.15. The summed E-state index contributed by atoms with van der Waals surface area (Å²) in [4.78, 5) is 21.9. The zero-order valence-electron chi connectivity index (χ0n) is 16.5. The molecule has 0 aliphatic carbocycles. The Balaban J connectivity index is 1.88. The lowest BCUT2D eigenvalue weighted by Crippen LogP contribution is -2.24. The van der Waals surface area contributed by atoms with Crippen LogP contribution in [0.5, 0.6) is 0 Å². The van der Waals surface area contributed by atoms with Gasteiger partial charge in [-0.25, -0.2) is 14.5 Å². The maximum absolute atomic E-state index is 13.4. The van der Waals surface area contributed by atoms with Crippen LogP contribution < -0.4 is 5.56 Å². The van der Waals surface area contributed by atoms with Crippen molar-refractivity contribution in [2.45, 2.75) is 24.0 Å². The molecule has 164 valence electrons. The van der Waals surface area contributed by atoms with Gasteiger partial charge in [0.05, 0.1) is 21.5 Å². The number of alkyl halides is 3. The van der Waals surface area contributed by atoms with Crippen molar-refractivity contribution in [3.05, 3.63) is 91.8 Å². The predicted molar refractivity (Wildman–Crippen MR) is 121 cm³/mol. The third-order valence-corrected chi connectivity index (χ3v) is 6.26. The van der Waals surface area contributed by atoms with E-state index in [1.807, 2.05) is 12.1 Å². The second-order valence-electron chi connectivity index (χ2n) is 6.95. The topological polar surface area (TPSA) is 47.8 Å². The summed E-state index contributed by atoms with van der Waals surface area (Å²) in [6, 6.07) is 13.2. The number of aromatic nitrogens is 3. The van der Waals surface area contributed by atoms with Gasteiger partial charge in [0.1, 0.15) is 0 Å². The van der Waals surface area contributed by atoms with E-state index < -0.39 is 17.3 Å². The highest BCUT2D eigenvalue weighted by molar-refractivity contribution is 7.98. The highest BCUT2D eigenvalue weighted by atomic mass is 35.5. The van der Waals surface area contributed by atoms with Gasteiger partial charge in [0.15, 0.2) is 11.0 Å². The Morgan fingerprint density at radius 3 is 2.47 bits per heavy atom. The van der Waals surface area contributed by atoms with Crippen molar-refractivity contribution in [1.82, 2.24) is 14.5 Å². The molecule has 0 fully saturated rings. The first-order valence-electron chi connectivity index (χ1n) is 9.28. The summed E-state index contributed by atoms with van der Waals surface area (Å²) in [5.41, 5.74) is 0.635. The number of aryl methyl sites for hydroxylation is 1. The minimum atomic E-state index is -4.61. The van der Waals surface area contributed by atoms with Crippen LogP contribution in [0.4, 0.5) is 13.2 Å². The van der Waals surface area contributed by atoms with Crippen LogP contribution in [-0.2, 0) is 11.9 Å². The number of fused-ring (bicyclic) bond motifs is 1. The van der Waals surface area contributed by atoms with E-state index in [1.165, 1.54) is 16.3 Å². The van der Waals surface area contributed by atoms with Gasteiger partial charge in [-0.05, 0) is 42.3 Å². The fourth-order valence-corrected chi connectivity index (χ4v) is 4.46. The first-order valence-corrected chi connectivity index (χ1v) is 11.0. The Labute approximate surface area is 195 Å². The standard InChI is InChI=1S/C22H14Cl2F3N3OS/c1-12-3-2-4-17-18(12)20(31)30(19-16(24)9-14(10-28-19)22(25,26)27)21(29-17)32-11-13-5-7-15(23)8-6-13/h2-10H,11H2,1H3. The van der Waals surface area contributed by atoms with E-state index >= 15 is 0 Å². The van der Waals surface area contributed by atoms with Crippen LogP contribution >= 0.6 is 35.0 Å². The molecule has 0 radical (unpaired) electrons. The van der Waals surface area contributed by atoms with Gasteiger partial charge in [0, 0.05) is 17.0 Å². The molecule has 0 saturated heterocycles. The highest BCUT2D eigenvalue weighted by Gasteiger charge is 2.32. The number of hydrogen-bond donors (Lipinski definition) is 0. The first kappa shape index (κ1) is 22.6. The molecule has 0 saturated carbocycles. The van der Waals surface area contributed by atoms with Crippen molar-refractivity contribution in [2.24, 2.45) is 0 Å². The lowest BCUT2D eigenvalue weighted by molar-refractivity contribution is -0.137. The van der Waals surface area contributed by atoms with E-state index in [0.29, 0.717) is 33.4 Å². The maximum Gasteiger partial charge on any atom is 0.417 e. The lowest BCUT2D eigenvalue weighted by atomic mass is 10.1. The molecule has 4 rings (SSSR count). The number of nitrogens with zero attached hydrogens (tertiary/aromatic N) is 3. The Bertz CT molecular complexity index is 1370. The van der Waals surface area contributed by atoms with Crippen molar-refractivity contribution < 1.29 is 13.2 Å². The number of halogens is 5. The molecule has 0 bridgehead atoms. The van der Waals surface area contributed by atoms with Crippen molar-refractivity contribution in [1.29, 1.82) is 0 Å². The summed E-state index contributed by atoms with van der Waals surface area (Å²) in [7, 11) is 0. The fourth-order valence-electron chi connectivity index (χ4n) is 3.14. The molecular formula is C22H14Cl2F3N3OS. The van der Waals surface area contributed by atoms with Crippen LogP contribution in [0.1, 0.15) is 16.7 Å². The van der Waals surface area contributed by atoms with Crippen LogP contribution in [0, 0.1) is 6.92 Å². The number of hydrogen-bond acceptors (Lipinski definition) is 4. The summed E-state index contributed by atoms with van der Waals surface area (Å²) in [5, 5.41) is 0.902. The quantitative estimate of drug-likeness (QED) is 0.233. The van der Waals surface area contributed by atoms with Crippen LogP contribution in [0.15, 0.2) is 64.7 Å². The van der Waals surface area contributed by atoms with Gasteiger partial charge in [-0.15, -0.1) is 0 Å². The molecule has 0 spiro atoms. The van der Waals surface area contributed by atoms with Gasteiger partial charge in [-0.2, -0.15) is 13.2 Å². The van der Waals surface area contributed by atoms with Crippen LogP contribution in [0.3, 0.4) is 0 Å². The van der Waals surface area contributed by atoms with Gasteiger partial charge < -0.3 is 0 Å². The Morgan fingerprint density at radius 2 is 1.81 bits per heavy atom. The second-order valence-corrected chi connectivity index (χ2v) is 8.73. The smallest absolute Gasteiger partial charge is 0.268 e. The number of benzene rings is 2. The summed E-state index contributed by atoms with van der Waals surface area (Å²) < 4.78 is 40.4. The molecule has 0 unspecified atom stereocenters. The van der Waals surface area contributed by atoms with E-state index in [2.05, 4.69) is 9.97 Å². The van der Waals surface area contributed by atoms with E-state index in [9.17, 15) is 18.0 Å². The van der Waals surface area contributed by atoms with Gasteiger partial charge in [0.25, 0.3) is 5.56 Å². The predicted octanol–water partition coefficient (Wildman–Crippen LogP) is 6.71. The summed E-state index contributed by atoms with van der Waals surface area (Å²) in [6.07, 6.45) is -3.95. The summed E-state index contributed by atoms with van der Waals surface area (Å²) in [5.74, 6) is 0.333.